The third-order valence-electron chi connectivity index (χ3n) is 3.07. The van der Waals surface area contributed by atoms with Gasteiger partial charge in [0.15, 0.2) is 0 Å². The van der Waals surface area contributed by atoms with E-state index in [9.17, 15) is 0 Å². The smallest absolute Gasteiger partial charge is 0.0812 e. The zero-order valence-corrected chi connectivity index (χ0v) is 9.39. The summed E-state index contributed by atoms with van der Waals surface area (Å²) in [5, 5.41) is 3.58. The molecule has 1 aliphatic heterocycles. The molecule has 0 spiro atoms. The lowest BCUT2D eigenvalue weighted by molar-refractivity contribution is 0.412. The molecule has 1 fully saturated rings. The van der Waals surface area contributed by atoms with E-state index in [1.165, 1.54) is 29.5 Å². The summed E-state index contributed by atoms with van der Waals surface area (Å²) in [7, 11) is 0. The molecule has 1 aromatic carbocycles. The molecular weight excluding hydrogens is 204 g/mol. The maximum Gasteiger partial charge on any atom is 0.0812 e. The minimum absolute atomic E-state index is 0.560. The van der Waals surface area contributed by atoms with Crippen LogP contribution in [-0.2, 0) is 0 Å². The van der Waals surface area contributed by atoms with Crippen molar-refractivity contribution in [3.8, 4) is 0 Å². The van der Waals surface area contributed by atoms with Crippen molar-refractivity contribution in [2.75, 3.05) is 6.54 Å². The Morgan fingerprint density at radius 2 is 2.33 bits per heavy atom. The van der Waals surface area contributed by atoms with Crippen molar-refractivity contribution in [2.24, 2.45) is 0 Å². The van der Waals surface area contributed by atoms with Gasteiger partial charge in [-0.3, -0.25) is 0 Å². The van der Waals surface area contributed by atoms with E-state index in [4.69, 9.17) is 0 Å². The van der Waals surface area contributed by atoms with Crippen LogP contribution in [0.4, 0.5) is 0 Å². The van der Waals surface area contributed by atoms with Crippen molar-refractivity contribution in [3.63, 3.8) is 0 Å². The number of thiazole rings is 1. The molecule has 2 heterocycles. The topological polar surface area (TPSA) is 24.9 Å². The fraction of sp³-hybridized carbons (Fsp3) is 0.417. The van der Waals surface area contributed by atoms with Crippen LogP contribution in [0.3, 0.4) is 0 Å². The van der Waals surface area contributed by atoms with Crippen LogP contribution in [-0.4, -0.2) is 11.5 Å². The predicted molar refractivity (Wildman–Crippen MR) is 64.2 cm³/mol. The number of fused-ring (bicyclic) bond motifs is 1. The van der Waals surface area contributed by atoms with Gasteiger partial charge in [-0.05, 0) is 37.1 Å². The molecule has 1 atom stereocenters. The number of aromatic nitrogens is 1. The number of benzene rings is 1. The first-order chi connectivity index (χ1) is 7.43. The number of nitrogens with zero attached hydrogens (tertiary/aromatic N) is 1. The lowest BCUT2D eigenvalue weighted by Gasteiger charge is -2.23. The second kappa shape index (κ2) is 3.91. The van der Waals surface area contributed by atoms with Gasteiger partial charge in [-0.1, -0.05) is 12.5 Å². The molecule has 0 radical (unpaired) electrons. The molecule has 2 nitrogen and oxygen atoms in total. The SMILES string of the molecule is c1nc2ccc(C3CCCCN3)cc2s1. The van der Waals surface area contributed by atoms with Gasteiger partial charge in [0.1, 0.15) is 0 Å². The van der Waals surface area contributed by atoms with E-state index in [-0.39, 0.29) is 0 Å². The standard InChI is InChI=1S/C12H14N2S/c1-2-6-13-10(3-1)9-4-5-11-12(7-9)15-8-14-11/h4-5,7-8,10,13H,1-3,6H2. The maximum absolute atomic E-state index is 4.30. The Bertz CT molecular complexity index is 457. The predicted octanol–water partition coefficient (Wildman–Crippen LogP) is 3.11. The first-order valence-electron chi connectivity index (χ1n) is 5.50. The second-order valence-electron chi connectivity index (χ2n) is 4.08. The summed E-state index contributed by atoms with van der Waals surface area (Å²) >= 11 is 1.73. The van der Waals surface area contributed by atoms with E-state index in [2.05, 4.69) is 28.5 Å². The highest BCUT2D eigenvalue weighted by Crippen LogP contribution is 2.27. The molecule has 0 bridgehead atoms. The van der Waals surface area contributed by atoms with Gasteiger partial charge in [-0.15, -0.1) is 11.3 Å². The third kappa shape index (κ3) is 1.77. The normalized spacial score (nSPS) is 22.0. The van der Waals surface area contributed by atoms with Crippen LogP contribution in [0.15, 0.2) is 23.7 Å². The fourth-order valence-corrected chi connectivity index (χ4v) is 2.95. The Labute approximate surface area is 93.3 Å². The molecule has 15 heavy (non-hydrogen) atoms. The quantitative estimate of drug-likeness (QED) is 0.795. The van der Waals surface area contributed by atoms with Gasteiger partial charge < -0.3 is 5.32 Å². The van der Waals surface area contributed by atoms with Crippen molar-refractivity contribution in [2.45, 2.75) is 25.3 Å². The summed E-state index contributed by atoms with van der Waals surface area (Å²) in [6.45, 7) is 1.16. The highest BCUT2D eigenvalue weighted by atomic mass is 32.1. The lowest BCUT2D eigenvalue weighted by Crippen LogP contribution is -2.26. The molecule has 0 saturated carbocycles. The summed E-state index contributed by atoms with van der Waals surface area (Å²) in [6, 6.07) is 7.20. The molecule has 1 saturated heterocycles. The highest BCUT2D eigenvalue weighted by Gasteiger charge is 2.14. The number of piperidine rings is 1. The lowest BCUT2D eigenvalue weighted by atomic mass is 9.97. The van der Waals surface area contributed by atoms with Crippen LogP contribution in [0.1, 0.15) is 30.9 Å². The second-order valence-corrected chi connectivity index (χ2v) is 4.97. The molecular formula is C12H14N2S. The minimum Gasteiger partial charge on any atom is -0.310 e. The molecule has 0 aliphatic carbocycles. The summed E-state index contributed by atoms with van der Waals surface area (Å²) in [5.74, 6) is 0. The van der Waals surface area contributed by atoms with Gasteiger partial charge in [0.2, 0.25) is 0 Å². The van der Waals surface area contributed by atoms with Gasteiger partial charge in [-0.25, -0.2) is 4.98 Å². The summed E-state index contributed by atoms with van der Waals surface area (Å²) in [6.07, 6.45) is 3.93. The van der Waals surface area contributed by atoms with Gasteiger partial charge >= 0.3 is 0 Å². The highest BCUT2D eigenvalue weighted by molar-refractivity contribution is 7.16. The van der Waals surface area contributed by atoms with E-state index in [0.717, 1.165) is 12.1 Å². The van der Waals surface area contributed by atoms with E-state index in [1.807, 2.05) is 5.51 Å². The Morgan fingerprint density at radius 1 is 1.33 bits per heavy atom. The Morgan fingerprint density at radius 3 is 3.20 bits per heavy atom. The Hall–Kier alpha value is -0.930. The van der Waals surface area contributed by atoms with Crippen LogP contribution in [0.2, 0.25) is 0 Å². The maximum atomic E-state index is 4.30. The molecule has 0 amide bonds. The van der Waals surface area contributed by atoms with Crippen molar-refractivity contribution in [1.29, 1.82) is 0 Å². The molecule has 1 unspecified atom stereocenters. The van der Waals surface area contributed by atoms with Gasteiger partial charge in [0.05, 0.1) is 15.7 Å². The van der Waals surface area contributed by atoms with Crippen LogP contribution in [0, 0.1) is 0 Å². The minimum atomic E-state index is 0.560. The van der Waals surface area contributed by atoms with Gasteiger partial charge in [0, 0.05) is 6.04 Å². The van der Waals surface area contributed by atoms with Gasteiger partial charge in [-0.2, -0.15) is 0 Å². The van der Waals surface area contributed by atoms with Crippen LogP contribution < -0.4 is 5.32 Å². The number of rotatable bonds is 1. The zero-order chi connectivity index (χ0) is 10.1. The Kier molecular flexibility index (Phi) is 2.43. The van der Waals surface area contributed by atoms with Gasteiger partial charge in [0.25, 0.3) is 0 Å². The van der Waals surface area contributed by atoms with E-state index in [0.29, 0.717) is 6.04 Å². The molecule has 78 valence electrons. The molecule has 3 rings (SSSR count). The first-order valence-corrected chi connectivity index (χ1v) is 6.38. The van der Waals surface area contributed by atoms with Crippen molar-refractivity contribution >= 4 is 21.6 Å². The van der Waals surface area contributed by atoms with Crippen LogP contribution in [0.5, 0.6) is 0 Å². The number of nitrogens with one attached hydrogen (secondary N) is 1. The van der Waals surface area contributed by atoms with Crippen molar-refractivity contribution in [3.05, 3.63) is 29.3 Å². The average Bonchev–Trinajstić information content (AvgIpc) is 2.77. The van der Waals surface area contributed by atoms with E-state index >= 15 is 0 Å². The van der Waals surface area contributed by atoms with Crippen LogP contribution in [0.25, 0.3) is 10.2 Å². The fourth-order valence-electron chi connectivity index (χ4n) is 2.22. The van der Waals surface area contributed by atoms with Crippen LogP contribution >= 0.6 is 11.3 Å². The largest absolute Gasteiger partial charge is 0.310 e. The zero-order valence-electron chi connectivity index (χ0n) is 8.57. The summed E-state index contributed by atoms with van der Waals surface area (Å²) in [5.41, 5.74) is 4.47. The van der Waals surface area contributed by atoms with Crippen molar-refractivity contribution in [1.82, 2.24) is 10.3 Å². The molecule has 3 heteroatoms. The third-order valence-corrected chi connectivity index (χ3v) is 3.86. The molecule has 2 aromatic rings. The monoisotopic (exact) mass is 218 g/mol. The molecule has 1 aromatic heterocycles. The summed E-state index contributed by atoms with van der Waals surface area (Å²) < 4.78 is 1.31. The summed E-state index contributed by atoms with van der Waals surface area (Å²) in [4.78, 5) is 4.30. The number of hydrogen-bond acceptors (Lipinski definition) is 3. The number of hydrogen-bond donors (Lipinski definition) is 1. The Balaban J connectivity index is 1.95. The van der Waals surface area contributed by atoms with Crippen molar-refractivity contribution < 1.29 is 0 Å². The van der Waals surface area contributed by atoms with E-state index in [1.54, 1.807) is 11.3 Å². The average molecular weight is 218 g/mol. The molecule has 1 aliphatic rings. The molecule has 1 N–H and O–H groups in total. The van der Waals surface area contributed by atoms with E-state index < -0.39 is 0 Å². The first kappa shape index (κ1) is 9.31.